The van der Waals surface area contributed by atoms with Gasteiger partial charge in [0.15, 0.2) is 13.1 Å². The molecule has 0 saturated heterocycles. The van der Waals surface area contributed by atoms with Crippen molar-refractivity contribution in [3.8, 4) is 10.8 Å². The number of thiophene rings is 1. The first-order chi connectivity index (χ1) is 13.6. The summed E-state index contributed by atoms with van der Waals surface area (Å²) in [6.07, 6.45) is 0. The number of methoxy groups -OCH3 is 1. The van der Waals surface area contributed by atoms with Gasteiger partial charge in [-0.15, -0.1) is 21.5 Å². The minimum Gasteiger partial charge on any atom is -0.414 e. The third kappa shape index (κ3) is 6.13. The van der Waals surface area contributed by atoms with E-state index in [1.165, 1.54) is 0 Å². The number of amides is 1. The van der Waals surface area contributed by atoms with Crippen LogP contribution in [0.1, 0.15) is 11.5 Å². The van der Waals surface area contributed by atoms with Gasteiger partial charge in [-0.05, 0) is 29.1 Å². The lowest BCUT2D eigenvalue weighted by Gasteiger charge is -2.17. The molecule has 0 spiro atoms. The van der Waals surface area contributed by atoms with Crippen molar-refractivity contribution in [1.82, 2.24) is 15.5 Å². The van der Waals surface area contributed by atoms with E-state index in [4.69, 9.17) is 20.8 Å². The number of benzene rings is 1. The first-order valence-electron chi connectivity index (χ1n) is 8.84. The molecule has 0 aliphatic carbocycles. The van der Waals surface area contributed by atoms with Crippen LogP contribution in [-0.2, 0) is 22.6 Å². The first kappa shape index (κ1) is 20.5. The lowest BCUT2D eigenvalue weighted by atomic mass is 10.2. The van der Waals surface area contributed by atoms with Crippen LogP contribution in [0.4, 0.5) is 0 Å². The average molecular weight is 422 g/mol. The molecule has 7 nitrogen and oxygen atoms in total. The molecule has 0 saturated carbocycles. The van der Waals surface area contributed by atoms with E-state index in [2.05, 4.69) is 15.5 Å². The summed E-state index contributed by atoms with van der Waals surface area (Å²) in [6, 6.07) is 11.3. The number of hydrogen-bond acceptors (Lipinski definition) is 6. The van der Waals surface area contributed by atoms with Gasteiger partial charge < -0.3 is 19.4 Å². The van der Waals surface area contributed by atoms with Gasteiger partial charge in [0.1, 0.15) is 6.54 Å². The van der Waals surface area contributed by atoms with Crippen LogP contribution < -0.4 is 10.2 Å². The SMILES string of the molecule is COCC[NH+](CC(=O)NCc1ccc(Cl)cc1)Cc1nnc(-c2cccs2)o1. The summed E-state index contributed by atoms with van der Waals surface area (Å²) in [4.78, 5) is 14.3. The van der Waals surface area contributed by atoms with Gasteiger partial charge in [-0.2, -0.15) is 0 Å². The van der Waals surface area contributed by atoms with Gasteiger partial charge in [0.05, 0.1) is 11.5 Å². The fourth-order valence-electron chi connectivity index (χ4n) is 2.62. The number of aromatic nitrogens is 2. The number of quaternary nitrogens is 1. The number of carbonyl (C=O) groups is 1. The van der Waals surface area contributed by atoms with Crippen molar-refractivity contribution in [3.05, 3.63) is 58.3 Å². The Morgan fingerprint density at radius 1 is 1.29 bits per heavy atom. The summed E-state index contributed by atoms with van der Waals surface area (Å²) in [5.74, 6) is 0.947. The van der Waals surface area contributed by atoms with Crippen LogP contribution >= 0.6 is 22.9 Å². The van der Waals surface area contributed by atoms with Gasteiger partial charge in [-0.1, -0.05) is 29.8 Å². The summed E-state index contributed by atoms with van der Waals surface area (Å²) in [5.41, 5.74) is 0.994. The van der Waals surface area contributed by atoms with Crippen molar-refractivity contribution < 1.29 is 18.8 Å². The average Bonchev–Trinajstić information content (AvgIpc) is 3.37. The van der Waals surface area contributed by atoms with Crippen LogP contribution in [0.15, 0.2) is 46.2 Å². The van der Waals surface area contributed by atoms with E-state index in [0.717, 1.165) is 15.3 Å². The Labute approximate surface area is 172 Å². The predicted molar refractivity (Wildman–Crippen MR) is 107 cm³/mol. The van der Waals surface area contributed by atoms with Crippen molar-refractivity contribution in [3.63, 3.8) is 0 Å². The Morgan fingerprint density at radius 2 is 2.11 bits per heavy atom. The number of hydrogen-bond donors (Lipinski definition) is 2. The van der Waals surface area contributed by atoms with E-state index in [9.17, 15) is 4.79 Å². The van der Waals surface area contributed by atoms with E-state index in [0.29, 0.717) is 43.0 Å². The molecule has 2 heterocycles. The molecule has 148 valence electrons. The van der Waals surface area contributed by atoms with Crippen molar-refractivity contribution >= 4 is 28.8 Å². The van der Waals surface area contributed by atoms with Gasteiger partial charge >= 0.3 is 0 Å². The zero-order valence-electron chi connectivity index (χ0n) is 15.5. The number of carbonyl (C=O) groups excluding carboxylic acids is 1. The van der Waals surface area contributed by atoms with Crippen LogP contribution in [0.5, 0.6) is 0 Å². The van der Waals surface area contributed by atoms with Gasteiger partial charge in [0, 0.05) is 18.7 Å². The molecule has 0 aliphatic heterocycles. The fraction of sp³-hybridized carbons (Fsp3) is 0.316. The summed E-state index contributed by atoms with van der Waals surface area (Å²) in [5, 5.41) is 13.8. The smallest absolute Gasteiger partial charge is 0.275 e. The summed E-state index contributed by atoms with van der Waals surface area (Å²) in [7, 11) is 1.64. The minimum absolute atomic E-state index is 0.0564. The van der Waals surface area contributed by atoms with Crippen LogP contribution in [0.25, 0.3) is 10.8 Å². The first-order valence-corrected chi connectivity index (χ1v) is 10.1. The second-order valence-corrected chi connectivity index (χ2v) is 7.61. The molecule has 0 fully saturated rings. The molecule has 3 rings (SSSR count). The van der Waals surface area contributed by atoms with E-state index < -0.39 is 0 Å². The molecule has 9 heteroatoms. The van der Waals surface area contributed by atoms with Gasteiger partial charge in [-0.3, -0.25) is 4.79 Å². The number of nitrogens with one attached hydrogen (secondary N) is 2. The van der Waals surface area contributed by atoms with Gasteiger partial charge in [0.2, 0.25) is 0 Å². The largest absolute Gasteiger partial charge is 0.414 e. The molecular formula is C19H22ClN4O3S+. The maximum atomic E-state index is 12.4. The van der Waals surface area contributed by atoms with E-state index >= 15 is 0 Å². The lowest BCUT2D eigenvalue weighted by Crippen LogP contribution is -3.12. The molecular weight excluding hydrogens is 400 g/mol. The maximum absolute atomic E-state index is 12.4. The molecule has 3 aromatic rings. The van der Waals surface area contributed by atoms with Crippen LogP contribution in [0.3, 0.4) is 0 Å². The molecule has 28 heavy (non-hydrogen) atoms. The quantitative estimate of drug-likeness (QED) is 0.521. The Bertz CT molecular complexity index is 868. The number of halogens is 1. The maximum Gasteiger partial charge on any atom is 0.275 e. The monoisotopic (exact) mass is 421 g/mol. The van der Waals surface area contributed by atoms with E-state index in [-0.39, 0.29) is 12.5 Å². The summed E-state index contributed by atoms with van der Waals surface area (Å²) in [6.45, 7) is 2.38. The second kappa shape index (κ2) is 10.3. The van der Waals surface area contributed by atoms with Crippen LogP contribution in [-0.4, -0.2) is 42.9 Å². The Balaban J connectivity index is 1.55. The summed E-state index contributed by atoms with van der Waals surface area (Å²) >= 11 is 7.42. The highest BCUT2D eigenvalue weighted by atomic mass is 35.5. The Kier molecular flexibility index (Phi) is 7.55. The fourth-order valence-corrected chi connectivity index (χ4v) is 3.39. The Hall–Kier alpha value is -2.26. The zero-order chi connectivity index (χ0) is 19.8. The molecule has 2 aromatic heterocycles. The summed E-state index contributed by atoms with van der Waals surface area (Å²) < 4.78 is 10.9. The van der Waals surface area contributed by atoms with Crippen LogP contribution in [0, 0.1) is 0 Å². The Morgan fingerprint density at radius 3 is 2.82 bits per heavy atom. The van der Waals surface area contributed by atoms with Gasteiger partial charge in [-0.25, -0.2) is 0 Å². The molecule has 1 amide bonds. The topological polar surface area (TPSA) is 81.7 Å². The molecule has 1 aromatic carbocycles. The third-order valence-electron chi connectivity index (χ3n) is 4.07. The number of ether oxygens (including phenoxy) is 1. The van der Waals surface area contributed by atoms with Crippen molar-refractivity contribution in [1.29, 1.82) is 0 Å². The molecule has 2 N–H and O–H groups in total. The van der Waals surface area contributed by atoms with Crippen molar-refractivity contribution in [2.24, 2.45) is 0 Å². The van der Waals surface area contributed by atoms with Crippen molar-refractivity contribution in [2.75, 3.05) is 26.8 Å². The molecule has 0 bridgehead atoms. The number of nitrogens with zero attached hydrogens (tertiary/aromatic N) is 2. The van der Waals surface area contributed by atoms with E-state index in [1.807, 2.05) is 29.6 Å². The third-order valence-corrected chi connectivity index (χ3v) is 5.18. The normalized spacial score (nSPS) is 12.1. The molecule has 1 unspecified atom stereocenters. The number of rotatable bonds is 10. The minimum atomic E-state index is -0.0564. The molecule has 1 atom stereocenters. The zero-order valence-corrected chi connectivity index (χ0v) is 17.1. The van der Waals surface area contributed by atoms with Crippen LogP contribution in [0.2, 0.25) is 5.02 Å². The predicted octanol–water partition coefficient (Wildman–Crippen LogP) is 1.80. The standard InChI is InChI=1S/C19H21ClN4O3S/c1-26-9-8-24(12-17(25)21-11-14-4-6-15(20)7-5-14)13-18-22-23-19(27-18)16-3-2-10-28-16/h2-7,10H,8-9,11-13H2,1H3,(H,21,25)/p+1. The highest BCUT2D eigenvalue weighted by molar-refractivity contribution is 7.13. The molecule has 0 aliphatic rings. The highest BCUT2D eigenvalue weighted by Crippen LogP contribution is 2.22. The van der Waals surface area contributed by atoms with E-state index in [1.54, 1.807) is 30.6 Å². The molecule has 0 radical (unpaired) electrons. The van der Waals surface area contributed by atoms with Gasteiger partial charge in [0.25, 0.3) is 17.7 Å². The lowest BCUT2D eigenvalue weighted by molar-refractivity contribution is -0.907. The second-order valence-electron chi connectivity index (χ2n) is 6.23. The van der Waals surface area contributed by atoms with Crippen molar-refractivity contribution in [2.45, 2.75) is 13.1 Å². The highest BCUT2D eigenvalue weighted by Gasteiger charge is 2.19.